The number of sulfonamides is 1. The van der Waals surface area contributed by atoms with Gasteiger partial charge < -0.3 is 4.74 Å². The molecule has 0 atom stereocenters. The van der Waals surface area contributed by atoms with Crippen LogP contribution in [0, 0.1) is 10.1 Å². The molecule has 1 aliphatic heterocycles. The number of piperazine rings is 1. The predicted molar refractivity (Wildman–Crippen MR) is 120 cm³/mol. The Balaban J connectivity index is 1.39. The van der Waals surface area contributed by atoms with Crippen molar-refractivity contribution < 1.29 is 18.1 Å². The van der Waals surface area contributed by atoms with E-state index in [4.69, 9.17) is 4.74 Å². The zero-order chi connectivity index (χ0) is 22.6. The first kappa shape index (κ1) is 21.9. The summed E-state index contributed by atoms with van der Waals surface area (Å²) < 4.78 is 33.2. The lowest BCUT2D eigenvalue weighted by Crippen LogP contribution is -2.48. The second kappa shape index (κ2) is 9.47. The van der Waals surface area contributed by atoms with E-state index in [1.54, 1.807) is 0 Å². The van der Waals surface area contributed by atoms with Crippen molar-refractivity contribution in [3.05, 3.63) is 94.5 Å². The number of rotatable bonds is 7. The fraction of sp³-hybridized carbons (Fsp3) is 0.217. The van der Waals surface area contributed by atoms with Crippen LogP contribution in [0.1, 0.15) is 5.56 Å². The van der Waals surface area contributed by atoms with E-state index in [1.165, 1.54) is 28.6 Å². The van der Waals surface area contributed by atoms with Gasteiger partial charge in [0.2, 0.25) is 10.0 Å². The van der Waals surface area contributed by atoms with Crippen molar-refractivity contribution in [3.63, 3.8) is 0 Å². The van der Waals surface area contributed by atoms with Gasteiger partial charge in [-0.2, -0.15) is 4.31 Å². The van der Waals surface area contributed by atoms with Gasteiger partial charge in [0.25, 0.3) is 5.69 Å². The molecule has 0 aromatic heterocycles. The normalized spacial score (nSPS) is 15.4. The molecule has 8 nitrogen and oxygen atoms in total. The molecule has 0 N–H and O–H groups in total. The largest absolute Gasteiger partial charge is 0.457 e. The highest BCUT2D eigenvalue weighted by Crippen LogP contribution is 2.27. The number of benzene rings is 3. The summed E-state index contributed by atoms with van der Waals surface area (Å²) in [6.07, 6.45) is 0. The average Bonchev–Trinajstić information content (AvgIpc) is 2.80. The summed E-state index contributed by atoms with van der Waals surface area (Å²) in [7, 11) is -3.93. The van der Waals surface area contributed by atoms with Crippen LogP contribution < -0.4 is 4.74 Å². The van der Waals surface area contributed by atoms with E-state index in [1.807, 2.05) is 54.6 Å². The second-order valence-corrected chi connectivity index (χ2v) is 9.37. The smallest absolute Gasteiger partial charge is 0.289 e. The highest BCUT2D eigenvalue weighted by atomic mass is 32.2. The molecule has 0 radical (unpaired) electrons. The molecule has 0 bridgehead atoms. The minimum Gasteiger partial charge on any atom is -0.457 e. The first-order valence-corrected chi connectivity index (χ1v) is 11.7. The maximum Gasteiger partial charge on any atom is 0.289 e. The molecule has 0 aliphatic carbocycles. The number of nitrogens with zero attached hydrogens (tertiary/aromatic N) is 3. The van der Waals surface area contributed by atoms with Gasteiger partial charge in [0, 0.05) is 38.8 Å². The summed E-state index contributed by atoms with van der Waals surface area (Å²) in [5.74, 6) is 1.50. The second-order valence-electron chi connectivity index (χ2n) is 7.47. The van der Waals surface area contributed by atoms with Crippen molar-refractivity contribution in [1.29, 1.82) is 0 Å². The van der Waals surface area contributed by atoms with E-state index in [0.29, 0.717) is 19.6 Å². The van der Waals surface area contributed by atoms with Gasteiger partial charge in [0.05, 0.1) is 4.92 Å². The van der Waals surface area contributed by atoms with Crippen LogP contribution in [0.2, 0.25) is 0 Å². The molecule has 1 heterocycles. The molecule has 9 heteroatoms. The Kier molecular flexibility index (Phi) is 6.50. The average molecular weight is 454 g/mol. The van der Waals surface area contributed by atoms with Crippen molar-refractivity contribution in [2.24, 2.45) is 0 Å². The van der Waals surface area contributed by atoms with E-state index in [-0.39, 0.29) is 18.0 Å². The fourth-order valence-electron chi connectivity index (χ4n) is 3.68. The standard InChI is InChI=1S/C23H23N3O5S/c27-26(28)22-11-4-5-12-23(22)32(29,30)25-15-13-24(14-16-25)18-19-7-6-10-21(17-19)31-20-8-2-1-3-9-20/h1-12,17H,13-16,18H2. The van der Waals surface area contributed by atoms with Gasteiger partial charge in [0.15, 0.2) is 4.90 Å². The van der Waals surface area contributed by atoms with Gasteiger partial charge in [0.1, 0.15) is 11.5 Å². The molecular weight excluding hydrogens is 430 g/mol. The third-order valence-corrected chi connectivity index (χ3v) is 7.24. The molecule has 0 spiro atoms. The van der Waals surface area contributed by atoms with Crippen LogP contribution >= 0.6 is 0 Å². The maximum absolute atomic E-state index is 13.0. The number of hydrogen-bond donors (Lipinski definition) is 0. The third-order valence-electron chi connectivity index (χ3n) is 5.29. The van der Waals surface area contributed by atoms with Crippen LogP contribution in [-0.4, -0.2) is 48.7 Å². The molecule has 1 fully saturated rings. The van der Waals surface area contributed by atoms with Crippen molar-refractivity contribution in [3.8, 4) is 11.5 Å². The number of ether oxygens (including phenoxy) is 1. The first-order valence-electron chi connectivity index (χ1n) is 10.2. The molecule has 166 valence electrons. The summed E-state index contributed by atoms with van der Waals surface area (Å²) in [5.41, 5.74) is 0.665. The first-order chi connectivity index (χ1) is 15.4. The van der Waals surface area contributed by atoms with Gasteiger partial charge in [-0.05, 0) is 35.9 Å². The van der Waals surface area contributed by atoms with E-state index in [0.717, 1.165) is 17.1 Å². The van der Waals surface area contributed by atoms with Crippen LogP contribution in [0.5, 0.6) is 11.5 Å². The maximum atomic E-state index is 13.0. The Bertz CT molecular complexity index is 1190. The fourth-order valence-corrected chi connectivity index (χ4v) is 5.26. The molecule has 3 aromatic rings. The highest BCUT2D eigenvalue weighted by molar-refractivity contribution is 7.89. The highest BCUT2D eigenvalue weighted by Gasteiger charge is 2.33. The zero-order valence-electron chi connectivity index (χ0n) is 17.3. The lowest BCUT2D eigenvalue weighted by molar-refractivity contribution is -0.387. The summed E-state index contributed by atoms with van der Waals surface area (Å²) in [6.45, 7) is 2.27. The van der Waals surface area contributed by atoms with E-state index in [9.17, 15) is 18.5 Å². The SMILES string of the molecule is O=[N+]([O-])c1ccccc1S(=O)(=O)N1CCN(Cc2cccc(Oc3ccccc3)c2)CC1. The monoisotopic (exact) mass is 453 g/mol. The number of nitro groups is 1. The lowest BCUT2D eigenvalue weighted by Gasteiger charge is -2.33. The summed E-state index contributed by atoms with van der Waals surface area (Å²) in [4.78, 5) is 12.5. The van der Waals surface area contributed by atoms with Gasteiger partial charge >= 0.3 is 0 Å². The Morgan fingerprint density at radius 3 is 2.22 bits per heavy atom. The Morgan fingerprint density at radius 1 is 0.844 bits per heavy atom. The van der Waals surface area contributed by atoms with Crippen LogP contribution in [0.4, 0.5) is 5.69 Å². The minimum absolute atomic E-state index is 0.260. The predicted octanol–water partition coefficient (Wildman–Crippen LogP) is 3.89. The van der Waals surface area contributed by atoms with E-state index in [2.05, 4.69) is 4.90 Å². The minimum atomic E-state index is -3.93. The van der Waals surface area contributed by atoms with Crippen molar-refractivity contribution in [2.45, 2.75) is 11.4 Å². The van der Waals surface area contributed by atoms with Crippen LogP contribution in [0.3, 0.4) is 0 Å². The van der Waals surface area contributed by atoms with E-state index < -0.39 is 20.6 Å². The molecule has 3 aromatic carbocycles. The zero-order valence-corrected chi connectivity index (χ0v) is 18.1. The third kappa shape index (κ3) is 4.96. The quantitative estimate of drug-likeness (QED) is 0.398. The van der Waals surface area contributed by atoms with Crippen molar-refractivity contribution in [1.82, 2.24) is 9.21 Å². The summed E-state index contributed by atoms with van der Waals surface area (Å²) in [5, 5.41) is 11.3. The molecule has 4 rings (SSSR count). The number of nitro benzene ring substituents is 1. The topological polar surface area (TPSA) is 93.0 Å². The van der Waals surface area contributed by atoms with Crippen molar-refractivity contribution in [2.75, 3.05) is 26.2 Å². The molecule has 1 saturated heterocycles. The number of hydrogen-bond acceptors (Lipinski definition) is 6. The number of para-hydroxylation sites is 2. The van der Waals surface area contributed by atoms with Gasteiger partial charge in [-0.1, -0.05) is 42.5 Å². The molecule has 1 aliphatic rings. The molecule has 0 unspecified atom stereocenters. The summed E-state index contributed by atoms with van der Waals surface area (Å²) >= 11 is 0. The molecular formula is C23H23N3O5S. The van der Waals surface area contributed by atoms with Crippen LogP contribution in [0.15, 0.2) is 83.8 Å². The van der Waals surface area contributed by atoms with Crippen molar-refractivity contribution >= 4 is 15.7 Å². The summed E-state index contributed by atoms with van der Waals surface area (Å²) in [6, 6.07) is 22.8. The van der Waals surface area contributed by atoms with E-state index >= 15 is 0 Å². The van der Waals surface area contributed by atoms with Crippen LogP contribution in [-0.2, 0) is 16.6 Å². The van der Waals surface area contributed by atoms with Gasteiger partial charge in [-0.15, -0.1) is 0 Å². The molecule has 0 saturated carbocycles. The Morgan fingerprint density at radius 2 is 1.50 bits per heavy atom. The molecule has 32 heavy (non-hydrogen) atoms. The Hall–Kier alpha value is -3.27. The van der Waals surface area contributed by atoms with Gasteiger partial charge in [-0.25, -0.2) is 8.42 Å². The lowest BCUT2D eigenvalue weighted by atomic mass is 10.2. The Labute approximate surface area is 186 Å². The molecule has 0 amide bonds. The van der Waals surface area contributed by atoms with Crippen LogP contribution in [0.25, 0.3) is 0 Å². The van der Waals surface area contributed by atoms with Gasteiger partial charge in [-0.3, -0.25) is 15.0 Å².